The summed E-state index contributed by atoms with van der Waals surface area (Å²) in [4.78, 5) is 2.56. The number of benzene rings is 1. The van der Waals surface area contributed by atoms with E-state index in [4.69, 9.17) is 5.73 Å². The van der Waals surface area contributed by atoms with Crippen LogP contribution in [0.25, 0.3) is 0 Å². The second kappa shape index (κ2) is 5.82. The van der Waals surface area contributed by atoms with E-state index in [0.29, 0.717) is 0 Å². The standard InChI is InChI=1S/C17H25FN2/c1-12(19)17(15-6-8-16(18)9-7-15)20(10-13-2-3-13)11-14-4-5-14/h6-9,12-14,17H,2-5,10-11,19H2,1H3. The molecule has 1 aromatic rings. The molecule has 2 aliphatic rings. The number of nitrogens with two attached hydrogens (primary N) is 1. The van der Waals surface area contributed by atoms with Crippen molar-refractivity contribution in [2.45, 2.75) is 44.7 Å². The third-order valence-electron chi connectivity index (χ3n) is 4.48. The van der Waals surface area contributed by atoms with Gasteiger partial charge in [-0.05, 0) is 62.1 Å². The average molecular weight is 276 g/mol. The molecule has 2 unspecified atom stereocenters. The Labute approximate surface area is 121 Å². The molecule has 1 aromatic carbocycles. The van der Waals surface area contributed by atoms with Crippen LogP contribution in [-0.4, -0.2) is 24.0 Å². The van der Waals surface area contributed by atoms with E-state index in [1.165, 1.54) is 25.7 Å². The second-order valence-electron chi connectivity index (χ2n) is 6.70. The number of hydrogen-bond acceptors (Lipinski definition) is 2. The van der Waals surface area contributed by atoms with Gasteiger partial charge in [0.15, 0.2) is 0 Å². The van der Waals surface area contributed by atoms with Crippen LogP contribution in [0, 0.1) is 17.7 Å². The highest BCUT2D eigenvalue weighted by Crippen LogP contribution is 2.37. The molecule has 0 bridgehead atoms. The van der Waals surface area contributed by atoms with Crippen LogP contribution in [0.4, 0.5) is 4.39 Å². The Bertz CT molecular complexity index is 421. The summed E-state index contributed by atoms with van der Waals surface area (Å²) in [6, 6.07) is 7.19. The van der Waals surface area contributed by atoms with E-state index in [9.17, 15) is 4.39 Å². The van der Waals surface area contributed by atoms with E-state index in [1.54, 1.807) is 12.1 Å². The van der Waals surface area contributed by atoms with Crippen molar-refractivity contribution in [3.63, 3.8) is 0 Å². The van der Waals surface area contributed by atoms with Gasteiger partial charge in [0.05, 0.1) is 0 Å². The van der Waals surface area contributed by atoms with Gasteiger partial charge in [0.2, 0.25) is 0 Å². The van der Waals surface area contributed by atoms with E-state index in [2.05, 4.69) is 11.8 Å². The van der Waals surface area contributed by atoms with E-state index < -0.39 is 0 Å². The summed E-state index contributed by atoms with van der Waals surface area (Å²) in [6.07, 6.45) is 5.43. The lowest BCUT2D eigenvalue weighted by atomic mass is 9.98. The average Bonchev–Trinajstić information content (AvgIpc) is 3.27. The van der Waals surface area contributed by atoms with E-state index >= 15 is 0 Å². The highest BCUT2D eigenvalue weighted by Gasteiger charge is 2.34. The van der Waals surface area contributed by atoms with Gasteiger partial charge in [-0.1, -0.05) is 12.1 Å². The van der Waals surface area contributed by atoms with Gasteiger partial charge in [0.1, 0.15) is 5.82 Å². The summed E-state index contributed by atoms with van der Waals surface area (Å²) in [7, 11) is 0. The largest absolute Gasteiger partial charge is 0.326 e. The highest BCUT2D eigenvalue weighted by atomic mass is 19.1. The Kier molecular flexibility index (Phi) is 4.08. The SMILES string of the molecule is CC(N)C(c1ccc(F)cc1)N(CC1CC1)CC1CC1. The van der Waals surface area contributed by atoms with Gasteiger partial charge >= 0.3 is 0 Å². The molecule has 0 aliphatic heterocycles. The van der Waals surface area contributed by atoms with Gasteiger partial charge in [-0.25, -0.2) is 4.39 Å². The summed E-state index contributed by atoms with van der Waals surface area (Å²) in [5.41, 5.74) is 7.42. The molecule has 3 heteroatoms. The van der Waals surface area contributed by atoms with Gasteiger partial charge < -0.3 is 5.73 Å². The van der Waals surface area contributed by atoms with Crippen LogP contribution >= 0.6 is 0 Å². The first-order valence-corrected chi connectivity index (χ1v) is 7.88. The van der Waals surface area contributed by atoms with Gasteiger partial charge in [0, 0.05) is 25.2 Å². The Hall–Kier alpha value is -0.930. The lowest BCUT2D eigenvalue weighted by molar-refractivity contribution is 0.161. The van der Waals surface area contributed by atoms with Crippen molar-refractivity contribution in [3.8, 4) is 0 Å². The van der Waals surface area contributed by atoms with Crippen LogP contribution in [0.3, 0.4) is 0 Å². The monoisotopic (exact) mass is 276 g/mol. The van der Waals surface area contributed by atoms with Crippen molar-refractivity contribution in [3.05, 3.63) is 35.6 Å². The molecular formula is C17H25FN2. The van der Waals surface area contributed by atoms with Crippen LogP contribution in [0.5, 0.6) is 0 Å². The molecule has 2 atom stereocenters. The second-order valence-corrected chi connectivity index (χ2v) is 6.70. The number of hydrogen-bond donors (Lipinski definition) is 1. The van der Waals surface area contributed by atoms with Crippen molar-refractivity contribution >= 4 is 0 Å². The molecule has 3 rings (SSSR count). The highest BCUT2D eigenvalue weighted by molar-refractivity contribution is 5.21. The Morgan fingerprint density at radius 2 is 1.60 bits per heavy atom. The van der Waals surface area contributed by atoms with E-state index in [-0.39, 0.29) is 17.9 Å². The molecule has 0 heterocycles. The summed E-state index contributed by atoms with van der Waals surface area (Å²) in [5.74, 6) is 1.54. The predicted octanol–water partition coefficient (Wildman–Crippen LogP) is 3.34. The molecule has 2 nitrogen and oxygen atoms in total. The van der Waals surface area contributed by atoms with Crippen LogP contribution in [0.1, 0.15) is 44.2 Å². The van der Waals surface area contributed by atoms with E-state index in [1.807, 2.05) is 12.1 Å². The molecule has 2 aliphatic carbocycles. The first-order chi connectivity index (χ1) is 9.63. The molecule has 20 heavy (non-hydrogen) atoms. The minimum atomic E-state index is -0.173. The van der Waals surface area contributed by atoms with Crippen molar-refractivity contribution in [1.82, 2.24) is 4.90 Å². The van der Waals surface area contributed by atoms with Crippen molar-refractivity contribution in [2.75, 3.05) is 13.1 Å². The third-order valence-corrected chi connectivity index (χ3v) is 4.48. The Morgan fingerprint density at radius 3 is 2.00 bits per heavy atom. The third kappa shape index (κ3) is 3.58. The number of nitrogens with zero attached hydrogens (tertiary/aromatic N) is 1. The molecule has 0 radical (unpaired) electrons. The lowest BCUT2D eigenvalue weighted by Crippen LogP contribution is -2.41. The fourth-order valence-corrected chi connectivity index (χ4v) is 3.07. The molecule has 2 saturated carbocycles. The van der Waals surface area contributed by atoms with Crippen molar-refractivity contribution in [2.24, 2.45) is 17.6 Å². The maximum atomic E-state index is 13.1. The molecule has 2 fully saturated rings. The molecule has 0 aromatic heterocycles. The van der Waals surface area contributed by atoms with Crippen LogP contribution in [0.15, 0.2) is 24.3 Å². The smallest absolute Gasteiger partial charge is 0.123 e. The maximum absolute atomic E-state index is 13.1. The summed E-state index contributed by atoms with van der Waals surface area (Å²) < 4.78 is 13.1. The zero-order chi connectivity index (χ0) is 14.1. The molecule has 0 amide bonds. The number of halogens is 1. The zero-order valence-corrected chi connectivity index (χ0v) is 12.3. The molecule has 0 saturated heterocycles. The van der Waals surface area contributed by atoms with Crippen molar-refractivity contribution < 1.29 is 4.39 Å². The first-order valence-electron chi connectivity index (χ1n) is 7.88. The number of rotatable bonds is 7. The van der Waals surface area contributed by atoms with Gasteiger partial charge in [0.25, 0.3) is 0 Å². The minimum Gasteiger partial charge on any atom is -0.326 e. The van der Waals surface area contributed by atoms with Gasteiger partial charge in [-0.15, -0.1) is 0 Å². The van der Waals surface area contributed by atoms with Gasteiger partial charge in [-0.2, -0.15) is 0 Å². The molecule has 110 valence electrons. The van der Waals surface area contributed by atoms with Crippen molar-refractivity contribution in [1.29, 1.82) is 0 Å². The van der Waals surface area contributed by atoms with Crippen LogP contribution in [0.2, 0.25) is 0 Å². The van der Waals surface area contributed by atoms with Gasteiger partial charge in [-0.3, -0.25) is 4.90 Å². The Balaban J connectivity index is 1.78. The first kappa shape index (κ1) is 14.0. The minimum absolute atomic E-state index is 0.0676. The lowest BCUT2D eigenvalue weighted by Gasteiger charge is -2.35. The molecular weight excluding hydrogens is 251 g/mol. The fourth-order valence-electron chi connectivity index (χ4n) is 3.07. The molecule has 0 spiro atoms. The Morgan fingerprint density at radius 1 is 1.10 bits per heavy atom. The predicted molar refractivity (Wildman–Crippen MR) is 79.8 cm³/mol. The normalized spacial score (nSPS) is 22.0. The van der Waals surface area contributed by atoms with Crippen LogP contribution < -0.4 is 5.73 Å². The summed E-state index contributed by atoms with van der Waals surface area (Å²) in [5, 5.41) is 0. The summed E-state index contributed by atoms with van der Waals surface area (Å²) >= 11 is 0. The summed E-state index contributed by atoms with van der Waals surface area (Å²) in [6.45, 7) is 4.38. The topological polar surface area (TPSA) is 29.3 Å². The van der Waals surface area contributed by atoms with E-state index in [0.717, 1.165) is 30.5 Å². The fraction of sp³-hybridized carbons (Fsp3) is 0.647. The van der Waals surface area contributed by atoms with Crippen LogP contribution in [-0.2, 0) is 0 Å². The quantitative estimate of drug-likeness (QED) is 0.827. The zero-order valence-electron chi connectivity index (χ0n) is 12.3. The molecule has 2 N–H and O–H groups in total. The maximum Gasteiger partial charge on any atom is 0.123 e.